The van der Waals surface area contributed by atoms with E-state index in [0.29, 0.717) is 17.6 Å². The third kappa shape index (κ3) is 1.89. The summed E-state index contributed by atoms with van der Waals surface area (Å²) in [5.74, 6) is 2.58. The van der Waals surface area contributed by atoms with Crippen molar-refractivity contribution in [1.82, 2.24) is 0 Å². The third-order valence-electron chi connectivity index (χ3n) is 9.06. The van der Waals surface area contributed by atoms with Crippen molar-refractivity contribution in [3.05, 3.63) is 0 Å². The molecular weight excluding hydrogens is 300 g/mol. The summed E-state index contributed by atoms with van der Waals surface area (Å²) in [5, 5.41) is 11.3. The minimum Gasteiger partial charge on any atom is -0.393 e. The summed E-state index contributed by atoms with van der Waals surface area (Å²) in [4.78, 5) is 13.4. The zero-order valence-electron chi connectivity index (χ0n) is 15.2. The summed E-state index contributed by atoms with van der Waals surface area (Å²) < 4.78 is 5.91. The van der Waals surface area contributed by atoms with Crippen molar-refractivity contribution in [2.45, 2.75) is 76.9 Å². The molecule has 2 bridgehead atoms. The van der Waals surface area contributed by atoms with E-state index < -0.39 is 0 Å². The van der Waals surface area contributed by atoms with Gasteiger partial charge in [-0.3, -0.25) is 4.79 Å². The van der Waals surface area contributed by atoms with E-state index in [-0.39, 0.29) is 34.9 Å². The van der Waals surface area contributed by atoms with Crippen molar-refractivity contribution in [2.75, 3.05) is 7.11 Å². The van der Waals surface area contributed by atoms with Gasteiger partial charge in [-0.2, -0.15) is 0 Å². The van der Waals surface area contributed by atoms with Gasteiger partial charge >= 0.3 is 0 Å². The Kier molecular flexibility index (Phi) is 3.34. The summed E-state index contributed by atoms with van der Waals surface area (Å²) >= 11 is 0. The van der Waals surface area contributed by atoms with Gasteiger partial charge in [-0.1, -0.05) is 19.8 Å². The summed E-state index contributed by atoms with van der Waals surface area (Å²) in [5.41, 5.74) is 0.181. The molecule has 3 heteroatoms. The third-order valence-corrected chi connectivity index (χ3v) is 9.06. The van der Waals surface area contributed by atoms with Crippen molar-refractivity contribution in [3.8, 4) is 0 Å². The molecule has 1 N–H and O–H groups in total. The summed E-state index contributed by atoms with van der Waals surface area (Å²) in [6.07, 6.45) is 10.1. The Balaban J connectivity index is 1.56. The van der Waals surface area contributed by atoms with Crippen LogP contribution in [0.4, 0.5) is 0 Å². The normalized spacial score (nSPS) is 56.2. The maximum Gasteiger partial charge on any atom is 0.139 e. The second-order valence-corrected chi connectivity index (χ2v) is 9.83. The lowest BCUT2D eigenvalue weighted by molar-refractivity contribution is -0.152. The Labute approximate surface area is 145 Å². The number of ketones is 1. The Morgan fingerprint density at radius 2 is 1.96 bits per heavy atom. The monoisotopic (exact) mass is 332 g/mol. The number of rotatable bonds is 3. The molecule has 0 aliphatic heterocycles. The number of carbonyl (C=O) groups excluding carboxylic acids is 1. The minimum atomic E-state index is -0.289. The summed E-state index contributed by atoms with van der Waals surface area (Å²) in [7, 11) is 1.83. The Bertz CT molecular complexity index is 555. The maximum absolute atomic E-state index is 13.4. The average molecular weight is 332 g/mol. The molecule has 0 radical (unpaired) electrons. The van der Waals surface area contributed by atoms with Gasteiger partial charge in [-0.05, 0) is 68.1 Å². The number of aliphatic hydroxyl groups excluding tert-OH is 1. The highest BCUT2D eigenvalue weighted by atomic mass is 16.5. The fourth-order valence-corrected chi connectivity index (χ4v) is 7.61. The molecule has 8 atom stereocenters. The van der Waals surface area contributed by atoms with Gasteiger partial charge in [0.2, 0.25) is 0 Å². The van der Waals surface area contributed by atoms with Crippen molar-refractivity contribution in [1.29, 1.82) is 0 Å². The van der Waals surface area contributed by atoms with Crippen LogP contribution in [-0.2, 0) is 9.53 Å². The fourth-order valence-electron chi connectivity index (χ4n) is 7.61. The molecule has 5 rings (SSSR count). The number of hydrogen-bond donors (Lipinski definition) is 1. The van der Waals surface area contributed by atoms with Crippen molar-refractivity contribution < 1.29 is 14.6 Å². The highest BCUT2D eigenvalue weighted by Crippen LogP contribution is 2.77. The van der Waals surface area contributed by atoms with E-state index in [1.165, 1.54) is 32.1 Å². The molecule has 0 amide bonds. The molecule has 0 saturated heterocycles. The van der Waals surface area contributed by atoms with Crippen LogP contribution in [0.25, 0.3) is 0 Å². The molecule has 5 saturated carbocycles. The Morgan fingerprint density at radius 1 is 1.21 bits per heavy atom. The highest BCUT2D eigenvalue weighted by Gasteiger charge is 2.75. The van der Waals surface area contributed by atoms with Crippen molar-refractivity contribution in [3.63, 3.8) is 0 Å². The van der Waals surface area contributed by atoms with Crippen LogP contribution in [0.3, 0.4) is 0 Å². The van der Waals surface area contributed by atoms with Crippen LogP contribution >= 0.6 is 0 Å². The predicted octanol–water partition coefficient (Wildman–Crippen LogP) is 3.58. The molecule has 5 aliphatic carbocycles. The molecule has 5 fully saturated rings. The van der Waals surface area contributed by atoms with Crippen molar-refractivity contribution >= 4 is 5.78 Å². The number of carbonyl (C=O) groups is 1. The predicted molar refractivity (Wildman–Crippen MR) is 91.4 cm³/mol. The summed E-state index contributed by atoms with van der Waals surface area (Å²) in [6.45, 7) is 2.22. The lowest BCUT2D eigenvalue weighted by Gasteiger charge is -2.53. The first-order chi connectivity index (χ1) is 11.5. The molecular formula is C21H32O3. The average Bonchev–Trinajstić information content (AvgIpc) is 3.49. The molecule has 24 heavy (non-hydrogen) atoms. The van der Waals surface area contributed by atoms with Gasteiger partial charge in [0.15, 0.2) is 0 Å². The van der Waals surface area contributed by atoms with Crippen LogP contribution in [0.5, 0.6) is 0 Å². The molecule has 0 aromatic carbocycles. The number of ether oxygens (including phenoxy) is 1. The minimum absolute atomic E-state index is 0.0756. The second kappa shape index (κ2) is 5.07. The number of methoxy groups -OCH3 is 1. The van der Waals surface area contributed by atoms with E-state index in [2.05, 4.69) is 6.92 Å². The zero-order chi connectivity index (χ0) is 16.7. The molecule has 134 valence electrons. The van der Waals surface area contributed by atoms with Crippen LogP contribution in [-0.4, -0.2) is 30.2 Å². The van der Waals surface area contributed by atoms with Crippen LogP contribution < -0.4 is 0 Å². The molecule has 5 aliphatic rings. The Morgan fingerprint density at radius 3 is 2.67 bits per heavy atom. The second-order valence-electron chi connectivity index (χ2n) is 9.83. The molecule has 0 aromatic heterocycles. The van der Waals surface area contributed by atoms with Gasteiger partial charge in [-0.25, -0.2) is 0 Å². The topological polar surface area (TPSA) is 46.5 Å². The summed E-state index contributed by atoms with van der Waals surface area (Å²) in [6, 6.07) is 0. The first kappa shape index (κ1) is 15.8. The van der Waals surface area contributed by atoms with Gasteiger partial charge in [0.05, 0.1) is 12.2 Å². The quantitative estimate of drug-likeness (QED) is 0.859. The molecule has 3 nitrogen and oxygen atoms in total. The molecule has 0 aromatic rings. The molecule has 1 spiro atoms. The van der Waals surface area contributed by atoms with Crippen molar-refractivity contribution in [2.24, 2.45) is 40.4 Å². The first-order valence-corrected chi connectivity index (χ1v) is 10.3. The number of aliphatic hydroxyl groups is 1. The van der Waals surface area contributed by atoms with E-state index >= 15 is 0 Å². The van der Waals surface area contributed by atoms with Crippen LogP contribution in [0.2, 0.25) is 0 Å². The standard InChI is InChI=1S/C21H32O3/c1-12-18(23)14(9-13-3-4-13)10-17(22)21-11-15(21)5-7-20(12)8-6-16(24-2)19(20)21/h12-17,19,22H,3-11H2,1-2H3/t12-,14?,15-,16+,17+,19?,20?,21-/m0/s1. The maximum atomic E-state index is 13.4. The fraction of sp³-hybridized carbons (Fsp3) is 0.952. The van der Waals surface area contributed by atoms with Gasteiger partial charge in [0, 0.05) is 24.4 Å². The van der Waals surface area contributed by atoms with Crippen LogP contribution in [0.15, 0.2) is 0 Å². The van der Waals surface area contributed by atoms with Gasteiger partial charge in [0.1, 0.15) is 5.78 Å². The van der Waals surface area contributed by atoms with Crippen LogP contribution in [0.1, 0.15) is 64.7 Å². The number of Topliss-reactive ketones (excluding diaryl/α,β-unsaturated/α-hetero) is 1. The molecule has 0 heterocycles. The van der Waals surface area contributed by atoms with E-state index in [1.54, 1.807) is 0 Å². The SMILES string of the molecule is CO[C@@H]1CCC23CC[C@H]4C[C@@]4(C12)[C@H](O)CC(CC1CC1)C(=O)[C@@H]3C. The van der Waals surface area contributed by atoms with E-state index in [0.717, 1.165) is 31.6 Å². The zero-order valence-corrected chi connectivity index (χ0v) is 15.2. The van der Waals surface area contributed by atoms with Crippen LogP contribution in [0, 0.1) is 40.4 Å². The van der Waals surface area contributed by atoms with E-state index in [9.17, 15) is 9.90 Å². The van der Waals surface area contributed by atoms with Gasteiger partial charge in [-0.15, -0.1) is 0 Å². The lowest BCUT2D eigenvalue weighted by Crippen LogP contribution is -2.54. The largest absolute Gasteiger partial charge is 0.393 e. The smallest absolute Gasteiger partial charge is 0.139 e. The number of hydrogen-bond acceptors (Lipinski definition) is 3. The highest BCUT2D eigenvalue weighted by molar-refractivity contribution is 5.84. The van der Waals surface area contributed by atoms with Gasteiger partial charge < -0.3 is 9.84 Å². The molecule has 3 unspecified atom stereocenters. The Hall–Kier alpha value is -0.410. The van der Waals surface area contributed by atoms with E-state index in [4.69, 9.17) is 4.74 Å². The van der Waals surface area contributed by atoms with Gasteiger partial charge in [0.25, 0.3) is 0 Å². The first-order valence-electron chi connectivity index (χ1n) is 10.3. The lowest BCUT2D eigenvalue weighted by atomic mass is 9.52. The van der Waals surface area contributed by atoms with E-state index in [1.807, 2.05) is 7.11 Å².